The van der Waals surface area contributed by atoms with E-state index in [9.17, 15) is 4.79 Å². The molecule has 0 rings (SSSR count). The summed E-state index contributed by atoms with van der Waals surface area (Å²) in [5, 5.41) is 4.59. The molecule has 0 aliphatic rings. The SMILES string of the molecule is CCCCC/C=C\C/C=C\CCCCCCCCC(CCCCCCCC/C=C\CCCCCCCC)=NNC(=O)CCN(C)C. The summed E-state index contributed by atoms with van der Waals surface area (Å²) in [5.74, 6) is 0.0317. The third-order valence-corrected chi connectivity index (χ3v) is 8.77. The lowest BCUT2D eigenvalue weighted by molar-refractivity contribution is -0.121. The Hall–Kier alpha value is -1.68. The number of rotatable bonds is 35. The third-order valence-electron chi connectivity index (χ3n) is 8.77. The molecular formula is C42H79N3O. The molecule has 0 aliphatic carbocycles. The second kappa shape index (κ2) is 37.8. The van der Waals surface area contributed by atoms with Gasteiger partial charge in [-0.2, -0.15) is 5.10 Å². The highest BCUT2D eigenvalue weighted by Crippen LogP contribution is 2.14. The Labute approximate surface area is 288 Å². The van der Waals surface area contributed by atoms with E-state index in [4.69, 9.17) is 0 Å². The fourth-order valence-corrected chi connectivity index (χ4v) is 5.65. The van der Waals surface area contributed by atoms with Gasteiger partial charge in [-0.3, -0.25) is 4.79 Å². The standard InChI is InChI=1S/C42H79N3O/c1-5-7-9-11-13-15-17-19-21-23-25-27-29-31-33-35-37-41(43-44-42(46)39-40-45(3)4)38-36-34-32-30-28-26-24-22-20-18-16-14-12-10-8-6-2/h13,15,19-22H,5-12,14,16-18,23-40H2,1-4H3,(H,44,46)/b15-13-,21-19-,22-20-,43-41?. The van der Waals surface area contributed by atoms with Gasteiger partial charge in [0.05, 0.1) is 0 Å². The molecule has 0 atom stereocenters. The van der Waals surface area contributed by atoms with Crippen molar-refractivity contribution in [2.45, 2.75) is 200 Å². The molecule has 4 nitrogen and oxygen atoms in total. The van der Waals surface area contributed by atoms with Crippen molar-refractivity contribution >= 4 is 11.6 Å². The van der Waals surface area contributed by atoms with Crippen LogP contribution in [0.1, 0.15) is 200 Å². The minimum atomic E-state index is 0.0317. The Morgan fingerprint density at radius 2 is 0.870 bits per heavy atom. The Kier molecular flexibility index (Phi) is 36.4. The van der Waals surface area contributed by atoms with Crippen molar-refractivity contribution in [1.82, 2.24) is 10.3 Å². The summed E-state index contributed by atoms with van der Waals surface area (Å²) < 4.78 is 0. The molecule has 1 N–H and O–H groups in total. The van der Waals surface area contributed by atoms with Crippen LogP contribution in [0.4, 0.5) is 0 Å². The number of carbonyl (C=O) groups is 1. The summed E-state index contributed by atoms with van der Waals surface area (Å²) in [5.41, 5.74) is 4.05. The molecule has 1 amide bonds. The fraction of sp³-hybridized carbons (Fsp3) is 0.810. The van der Waals surface area contributed by atoms with Crippen molar-refractivity contribution in [3.63, 3.8) is 0 Å². The summed E-state index contributed by atoms with van der Waals surface area (Å²) in [7, 11) is 4.00. The minimum Gasteiger partial charge on any atom is -0.309 e. The molecule has 0 spiro atoms. The third kappa shape index (κ3) is 36.8. The first-order valence-electron chi connectivity index (χ1n) is 20.0. The number of hydrazone groups is 1. The van der Waals surface area contributed by atoms with Crippen molar-refractivity contribution in [3.8, 4) is 0 Å². The van der Waals surface area contributed by atoms with Gasteiger partial charge in [0, 0.05) is 18.7 Å². The number of carbonyl (C=O) groups excluding carboxylic acids is 1. The minimum absolute atomic E-state index is 0.0317. The maximum absolute atomic E-state index is 12.2. The van der Waals surface area contributed by atoms with Crippen LogP contribution in [0.2, 0.25) is 0 Å². The number of hydrogen-bond acceptors (Lipinski definition) is 3. The van der Waals surface area contributed by atoms with E-state index in [1.807, 2.05) is 19.0 Å². The number of nitrogens with one attached hydrogen (secondary N) is 1. The number of nitrogens with zero attached hydrogens (tertiary/aromatic N) is 2. The zero-order valence-electron chi connectivity index (χ0n) is 31.5. The Morgan fingerprint density at radius 1 is 0.500 bits per heavy atom. The van der Waals surface area contributed by atoms with Gasteiger partial charge in [0.25, 0.3) is 0 Å². The van der Waals surface area contributed by atoms with Crippen LogP contribution in [-0.2, 0) is 4.79 Å². The van der Waals surface area contributed by atoms with E-state index >= 15 is 0 Å². The zero-order chi connectivity index (χ0) is 33.6. The maximum atomic E-state index is 12.2. The molecule has 0 aromatic rings. The highest BCUT2D eigenvalue weighted by Gasteiger charge is 2.05. The van der Waals surface area contributed by atoms with E-state index in [2.05, 4.69) is 60.8 Å². The van der Waals surface area contributed by atoms with Gasteiger partial charge in [0.2, 0.25) is 5.91 Å². The molecule has 0 fully saturated rings. The van der Waals surface area contributed by atoms with Crippen LogP contribution in [0.3, 0.4) is 0 Å². The molecular weight excluding hydrogens is 562 g/mol. The van der Waals surface area contributed by atoms with Crippen molar-refractivity contribution in [2.75, 3.05) is 20.6 Å². The van der Waals surface area contributed by atoms with Gasteiger partial charge in [-0.1, -0.05) is 147 Å². The summed E-state index contributed by atoms with van der Waals surface area (Å²) in [6, 6.07) is 0. The molecule has 46 heavy (non-hydrogen) atoms. The normalized spacial score (nSPS) is 12.5. The first-order valence-corrected chi connectivity index (χ1v) is 20.0. The van der Waals surface area contributed by atoms with Gasteiger partial charge in [-0.15, -0.1) is 0 Å². The molecule has 0 aromatic heterocycles. The topological polar surface area (TPSA) is 44.7 Å². The molecule has 0 radical (unpaired) electrons. The lowest BCUT2D eigenvalue weighted by Crippen LogP contribution is -2.24. The van der Waals surface area contributed by atoms with Gasteiger partial charge in [-0.25, -0.2) is 5.43 Å². The van der Waals surface area contributed by atoms with Crippen molar-refractivity contribution in [3.05, 3.63) is 36.5 Å². The van der Waals surface area contributed by atoms with Gasteiger partial charge < -0.3 is 4.90 Å². The number of hydrogen-bond donors (Lipinski definition) is 1. The molecule has 4 heteroatoms. The number of allylic oxidation sites excluding steroid dienone is 6. The van der Waals surface area contributed by atoms with Crippen LogP contribution in [0, 0.1) is 0 Å². The summed E-state index contributed by atoms with van der Waals surface area (Å²) in [4.78, 5) is 14.3. The summed E-state index contributed by atoms with van der Waals surface area (Å²) in [6.45, 7) is 5.31. The van der Waals surface area contributed by atoms with Crippen LogP contribution >= 0.6 is 0 Å². The molecule has 0 saturated carbocycles. The Bertz CT molecular complexity index is 752. The monoisotopic (exact) mass is 642 g/mol. The van der Waals surface area contributed by atoms with E-state index < -0.39 is 0 Å². The fourth-order valence-electron chi connectivity index (χ4n) is 5.65. The van der Waals surface area contributed by atoms with Crippen LogP contribution in [0.5, 0.6) is 0 Å². The second-order valence-electron chi connectivity index (χ2n) is 13.8. The van der Waals surface area contributed by atoms with Gasteiger partial charge in [0.1, 0.15) is 0 Å². The molecule has 268 valence electrons. The lowest BCUT2D eigenvalue weighted by Gasteiger charge is -2.10. The van der Waals surface area contributed by atoms with Crippen LogP contribution in [0.15, 0.2) is 41.6 Å². The van der Waals surface area contributed by atoms with Gasteiger partial charge in [0.15, 0.2) is 0 Å². The first-order chi connectivity index (χ1) is 22.6. The molecule has 0 bridgehead atoms. The Balaban J connectivity index is 4.03. The first kappa shape index (κ1) is 44.3. The average molecular weight is 642 g/mol. The molecule has 0 aromatic carbocycles. The van der Waals surface area contributed by atoms with E-state index in [0.29, 0.717) is 6.42 Å². The van der Waals surface area contributed by atoms with E-state index in [-0.39, 0.29) is 5.91 Å². The van der Waals surface area contributed by atoms with Crippen LogP contribution in [-0.4, -0.2) is 37.2 Å². The van der Waals surface area contributed by atoms with Gasteiger partial charge >= 0.3 is 0 Å². The highest BCUT2D eigenvalue weighted by atomic mass is 16.2. The zero-order valence-corrected chi connectivity index (χ0v) is 31.5. The maximum Gasteiger partial charge on any atom is 0.241 e. The largest absolute Gasteiger partial charge is 0.309 e. The molecule has 0 unspecified atom stereocenters. The van der Waals surface area contributed by atoms with Crippen molar-refractivity contribution < 1.29 is 4.79 Å². The van der Waals surface area contributed by atoms with Crippen LogP contribution in [0.25, 0.3) is 0 Å². The van der Waals surface area contributed by atoms with E-state index in [0.717, 1.165) is 25.8 Å². The van der Waals surface area contributed by atoms with E-state index in [1.54, 1.807) is 0 Å². The number of amides is 1. The Morgan fingerprint density at radius 3 is 1.33 bits per heavy atom. The lowest BCUT2D eigenvalue weighted by atomic mass is 10.0. The summed E-state index contributed by atoms with van der Waals surface area (Å²) >= 11 is 0. The quantitative estimate of drug-likeness (QED) is 0.0324. The van der Waals surface area contributed by atoms with Crippen LogP contribution < -0.4 is 5.43 Å². The molecule has 0 saturated heterocycles. The summed E-state index contributed by atoms with van der Waals surface area (Å²) in [6.07, 6.45) is 50.6. The molecule has 0 heterocycles. The van der Waals surface area contributed by atoms with E-state index in [1.165, 1.54) is 166 Å². The molecule has 0 aliphatic heterocycles. The second-order valence-corrected chi connectivity index (χ2v) is 13.8. The van der Waals surface area contributed by atoms with Gasteiger partial charge in [-0.05, 0) is 97.6 Å². The number of unbranched alkanes of at least 4 members (excludes halogenated alkanes) is 21. The predicted molar refractivity (Wildman–Crippen MR) is 207 cm³/mol. The predicted octanol–water partition coefficient (Wildman–Crippen LogP) is 13.0. The average Bonchev–Trinajstić information content (AvgIpc) is 3.05. The highest BCUT2D eigenvalue weighted by molar-refractivity contribution is 5.86. The smallest absolute Gasteiger partial charge is 0.241 e. The van der Waals surface area contributed by atoms with Crippen molar-refractivity contribution in [2.24, 2.45) is 5.10 Å². The van der Waals surface area contributed by atoms with Crippen molar-refractivity contribution in [1.29, 1.82) is 0 Å².